The molecule has 0 unspecified atom stereocenters. The smallest absolute Gasteiger partial charge is 0.287 e. The number of carbonyl (C=O) groups is 3. The van der Waals surface area contributed by atoms with Crippen LogP contribution in [0.1, 0.15) is 62.6 Å². The molecule has 184 valence electrons. The van der Waals surface area contributed by atoms with Crippen molar-refractivity contribution in [3.8, 4) is 5.75 Å². The second-order valence-corrected chi connectivity index (χ2v) is 10.1. The summed E-state index contributed by atoms with van der Waals surface area (Å²) in [6.07, 6.45) is 5.10. The van der Waals surface area contributed by atoms with Crippen LogP contribution in [0.15, 0.2) is 41.5 Å². The van der Waals surface area contributed by atoms with Crippen LogP contribution < -0.4 is 4.74 Å². The molecule has 1 aromatic carbocycles. The number of aliphatic hydroxyl groups is 1. The van der Waals surface area contributed by atoms with E-state index in [1.807, 2.05) is 50.5 Å². The summed E-state index contributed by atoms with van der Waals surface area (Å²) >= 11 is 0. The van der Waals surface area contributed by atoms with Crippen molar-refractivity contribution in [3.05, 3.63) is 52.8 Å². The fourth-order valence-corrected chi connectivity index (χ4v) is 5.69. The van der Waals surface area contributed by atoms with E-state index in [2.05, 4.69) is 0 Å². The molecule has 2 saturated heterocycles. The summed E-state index contributed by atoms with van der Waals surface area (Å²) in [5.41, 5.74) is 1.07. The first-order valence-electron chi connectivity index (χ1n) is 12.0. The largest absolute Gasteiger partial charge is 0.497 e. The van der Waals surface area contributed by atoms with Crippen LogP contribution >= 0.6 is 0 Å². The van der Waals surface area contributed by atoms with Gasteiger partial charge in [-0.15, -0.1) is 0 Å². The standard InChI is InChI=1S/C27H31N3O5/c1-15(2)10-12-28-20-14-17(35-5)8-9-18(20)22-23(28)21(13-16(3)4)30-25(32)19-7-6-11-29(19)26(33)27(30,34)24(22)31/h8-10,13-14,19,21,34H,6-7,11-12H2,1-5H3/t19-,21-,27+/m0/s1. The average Bonchev–Trinajstić information content (AvgIpc) is 3.42. The molecule has 2 aromatic rings. The number of ketones is 1. The van der Waals surface area contributed by atoms with Crippen LogP contribution in [0, 0.1) is 0 Å². The number of ether oxygens (including phenoxy) is 1. The number of hydrogen-bond acceptors (Lipinski definition) is 5. The van der Waals surface area contributed by atoms with Gasteiger partial charge in [-0.2, -0.15) is 0 Å². The fourth-order valence-electron chi connectivity index (χ4n) is 5.69. The van der Waals surface area contributed by atoms with E-state index in [-0.39, 0.29) is 11.5 Å². The lowest BCUT2D eigenvalue weighted by Gasteiger charge is -2.51. The Balaban J connectivity index is 1.87. The molecule has 3 aliphatic heterocycles. The molecule has 1 N–H and O–H groups in total. The van der Waals surface area contributed by atoms with Gasteiger partial charge in [0.15, 0.2) is 0 Å². The number of methoxy groups -OCH3 is 1. The van der Waals surface area contributed by atoms with Crippen LogP contribution in [0.25, 0.3) is 10.9 Å². The number of allylic oxidation sites excluding steroid dienone is 3. The van der Waals surface area contributed by atoms with E-state index in [0.717, 1.165) is 21.6 Å². The number of hydrogen-bond donors (Lipinski definition) is 1. The Morgan fingerprint density at radius 1 is 1.17 bits per heavy atom. The molecule has 3 aliphatic rings. The van der Waals surface area contributed by atoms with Gasteiger partial charge < -0.3 is 19.3 Å². The first kappa shape index (κ1) is 23.4. The number of amides is 2. The van der Waals surface area contributed by atoms with Gasteiger partial charge in [0.1, 0.15) is 11.8 Å². The maximum atomic E-state index is 14.1. The molecule has 0 radical (unpaired) electrons. The highest BCUT2D eigenvalue weighted by Gasteiger charge is 2.66. The zero-order valence-corrected chi connectivity index (χ0v) is 20.8. The van der Waals surface area contributed by atoms with Crippen LogP contribution in [0.5, 0.6) is 5.75 Å². The molecule has 3 atom stereocenters. The van der Waals surface area contributed by atoms with E-state index >= 15 is 0 Å². The van der Waals surface area contributed by atoms with Crippen LogP contribution in [0.4, 0.5) is 0 Å². The van der Waals surface area contributed by atoms with Crippen LogP contribution in [0.2, 0.25) is 0 Å². The molecular weight excluding hydrogens is 446 g/mol. The van der Waals surface area contributed by atoms with Crippen molar-refractivity contribution in [1.82, 2.24) is 14.4 Å². The van der Waals surface area contributed by atoms with Gasteiger partial charge >= 0.3 is 0 Å². The Morgan fingerprint density at radius 3 is 2.57 bits per heavy atom. The minimum atomic E-state index is -2.57. The second kappa shape index (κ2) is 8.09. The Labute approximate surface area is 204 Å². The summed E-state index contributed by atoms with van der Waals surface area (Å²) in [4.78, 5) is 44.0. The SMILES string of the molecule is COc1ccc2c3c(n(CC=C(C)C)c2c1)[C@H](C=C(C)C)N1C(=O)[C@@H]2CCCN2C(=O)[C@]1(O)C3=O. The monoisotopic (exact) mass is 477 g/mol. The lowest BCUT2D eigenvalue weighted by atomic mass is 9.83. The van der Waals surface area contributed by atoms with Crippen molar-refractivity contribution in [3.63, 3.8) is 0 Å². The Hall–Kier alpha value is -3.39. The molecule has 0 aliphatic carbocycles. The number of rotatable bonds is 4. The van der Waals surface area contributed by atoms with Gasteiger partial charge in [0.25, 0.3) is 11.6 Å². The van der Waals surface area contributed by atoms with Gasteiger partial charge in [-0.05, 0) is 52.7 Å². The lowest BCUT2D eigenvalue weighted by molar-refractivity contribution is -0.192. The number of aromatic nitrogens is 1. The third-order valence-electron chi connectivity index (χ3n) is 7.27. The Bertz CT molecular complexity index is 1330. The molecule has 4 heterocycles. The number of benzene rings is 1. The molecule has 1 aromatic heterocycles. The van der Waals surface area contributed by atoms with E-state index in [1.165, 1.54) is 4.90 Å². The molecule has 35 heavy (non-hydrogen) atoms. The number of piperazine rings is 1. The highest BCUT2D eigenvalue weighted by atomic mass is 16.5. The maximum Gasteiger partial charge on any atom is 0.287 e. The number of fused-ring (bicyclic) bond motifs is 5. The summed E-state index contributed by atoms with van der Waals surface area (Å²) in [7, 11) is 1.58. The molecule has 5 rings (SSSR count). The topological polar surface area (TPSA) is 92.1 Å². The Morgan fingerprint density at radius 2 is 1.91 bits per heavy atom. The lowest BCUT2D eigenvalue weighted by Crippen LogP contribution is -2.75. The molecule has 2 amide bonds. The average molecular weight is 478 g/mol. The van der Waals surface area contributed by atoms with Crippen molar-refractivity contribution in [2.45, 2.75) is 64.9 Å². The van der Waals surface area contributed by atoms with Gasteiger partial charge in [-0.3, -0.25) is 19.3 Å². The van der Waals surface area contributed by atoms with Gasteiger partial charge in [0.2, 0.25) is 11.7 Å². The quantitative estimate of drug-likeness (QED) is 0.539. The number of carbonyl (C=O) groups excluding carboxylic acids is 3. The maximum absolute atomic E-state index is 14.1. The van der Waals surface area contributed by atoms with Crippen molar-refractivity contribution >= 4 is 28.5 Å². The van der Waals surface area contributed by atoms with Gasteiger partial charge in [-0.25, -0.2) is 0 Å². The van der Waals surface area contributed by atoms with E-state index in [1.54, 1.807) is 19.2 Å². The number of nitrogens with zero attached hydrogens (tertiary/aromatic N) is 3. The van der Waals surface area contributed by atoms with Crippen molar-refractivity contribution in [2.24, 2.45) is 0 Å². The summed E-state index contributed by atoms with van der Waals surface area (Å²) in [6, 6.07) is 3.97. The summed E-state index contributed by atoms with van der Waals surface area (Å²) in [6.45, 7) is 8.62. The fraction of sp³-hybridized carbons (Fsp3) is 0.444. The minimum Gasteiger partial charge on any atom is -0.497 e. The van der Waals surface area contributed by atoms with Crippen LogP contribution in [-0.4, -0.2) is 62.5 Å². The predicted octanol–water partition coefficient (Wildman–Crippen LogP) is 3.34. The molecule has 0 spiro atoms. The first-order valence-corrected chi connectivity index (χ1v) is 12.0. The van der Waals surface area contributed by atoms with Crippen molar-refractivity contribution in [2.75, 3.05) is 13.7 Å². The first-order chi connectivity index (χ1) is 16.6. The zero-order chi connectivity index (χ0) is 25.2. The van der Waals surface area contributed by atoms with E-state index < -0.39 is 29.5 Å². The van der Waals surface area contributed by atoms with E-state index in [0.29, 0.717) is 42.8 Å². The molecule has 0 bridgehead atoms. The molecular formula is C27H31N3O5. The molecule has 8 heteroatoms. The van der Waals surface area contributed by atoms with Gasteiger partial charge in [-0.1, -0.05) is 23.3 Å². The second-order valence-electron chi connectivity index (χ2n) is 10.1. The van der Waals surface area contributed by atoms with Crippen molar-refractivity contribution < 1.29 is 24.2 Å². The normalized spacial score (nSPS) is 25.4. The minimum absolute atomic E-state index is 0.282. The van der Waals surface area contributed by atoms with E-state index in [9.17, 15) is 19.5 Å². The highest BCUT2D eigenvalue weighted by molar-refractivity contribution is 6.25. The highest BCUT2D eigenvalue weighted by Crippen LogP contribution is 2.48. The van der Waals surface area contributed by atoms with Crippen LogP contribution in [0.3, 0.4) is 0 Å². The molecule has 0 saturated carbocycles. The summed E-state index contributed by atoms with van der Waals surface area (Å²) in [5, 5.41) is 12.5. The Kier molecular flexibility index (Phi) is 5.40. The number of Topliss-reactive ketones (excluding diaryl/α,β-unsaturated/α-hetero) is 1. The zero-order valence-electron chi connectivity index (χ0n) is 20.8. The third-order valence-corrected chi connectivity index (χ3v) is 7.27. The molecule has 2 fully saturated rings. The molecule has 8 nitrogen and oxygen atoms in total. The van der Waals surface area contributed by atoms with Crippen molar-refractivity contribution in [1.29, 1.82) is 0 Å². The third kappa shape index (κ3) is 3.19. The van der Waals surface area contributed by atoms with E-state index in [4.69, 9.17) is 4.74 Å². The summed E-state index contributed by atoms with van der Waals surface area (Å²) < 4.78 is 7.45. The van der Waals surface area contributed by atoms with Gasteiger partial charge in [0.05, 0.1) is 29.9 Å². The summed E-state index contributed by atoms with van der Waals surface area (Å²) in [5.74, 6) is -1.22. The van der Waals surface area contributed by atoms with Crippen LogP contribution in [-0.2, 0) is 16.1 Å². The predicted molar refractivity (Wildman–Crippen MR) is 131 cm³/mol. The van der Waals surface area contributed by atoms with Gasteiger partial charge in [0, 0.05) is 24.5 Å².